The number of hydrogen-bond acceptors (Lipinski definition) is 6. The van der Waals surface area contributed by atoms with E-state index in [-0.39, 0.29) is 38.1 Å². The number of rotatable bonds is 11. The van der Waals surface area contributed by atoms with Crippen LogP contribution in [0.5, 0.6) is 0 Å². The number of para-hydroxylation sites is 2. The summed E-state index contributed by atoms with van der Waals surface area (Å²) >= 11 is 0. The van der Waals surface area contributed by atoms with Gasteiger partial charge in [0, 0.05) is 29.4 Å². The van der Waals surface area contributed by atoms with Gasteiger partial charge in [-0.25, -0.2) is 4.79 Å². The zero-order valence-corrected chi connectivity index (χ0v) is 23.5. The number of Topliss-reactive ketones (excluding diaryl/α,β-unsaturated/α-hetero) is 1. The molecule has 0 aliphatic carbocycles. The number of ketones is 1. The van der Waals surface area contributed by atoms with Crippen LogP contribution in [0.1, 0.15) is 36.8 Å². The van der Waals surface area contributed by atoms with Crippen LogP contribution in [-0.2, 0) is 29.3 Å². The lowest BCUT2D eigenvalue weighted by Gasteiger charge is -2.32. The van der Waals surface area contributed by atoms with Crippen LogP contribution in [0.2, 0.25) is 0 Å². The molecule has 8 heteroatoms. The van der Waals surface area contributed by atoms with E-state index in [2.05, 4.69) is 5.32 Å². The monoisotopic (exact) mass is 553 g/mol. The third kappa shape index (κ3) is 6.19. The smallest absolute Gasteiger partial charge is 0.408 e. The summed E-state index contributed by atoms with van der Waals surface area (Å²) in [7, 11) is 1.90. The fourth-order valence-electron chi connectivity index (χ4n) is 5.20. The second kappa shape index (κ2) is 12.0. The number of aliphatic hydroxyl groups is 1. The number of furan rings is 1. The number of likely N-dealkylation sites (N-methyl/N-ethyl adjacent to an activating group) is 1. The standard InChI is InChI=1S/C33H35N3O5/c1-23(24-11-5-4-6-12-24)35(3)20-31(38)33(2,18-26-19-36(22-37)29-15-9-8-14-28(26)29)34-32(39)40-21-27-17-25-13-7-10-16-30(25)41-27/h4-17,19,23,37H,18,20-22H2,1-3H3,(H,34,39)/t23-,33+/m0/s1. The highest BCUT2D eigenvalue weighted by atomic mass is 16.6. The van der Waals surface area contributed by atoms with E-state index < -0.39 is 11.6 Å². The van der Waals surface area contributed by atoms with Crippen LogP contribution in [0.15, 0.2) is 95.5 Å². The van der Waals surface area contributed by atoms with Crippen molar-refractivity contribution >= 4 is 33.7 Å². The second-order valence-electron chi connectivity index (χ2n) is 10.7. The number of carbonyl (C=O) groups excluding carboxylic acids is 2. The molecule has 0 unspecified atom stereocenters. The minimum Gasteiger partial charge on any atom is -0.457 e. The van der Waals surface area contributed by atoms with Crippen LogP contribution in [0.25, 0.3) is 21.9 Å². The van der Waals surface area contributed by atoms with E-state index in [0.29, 0.717) is 11.3 Å². The lowest BCUT2D eigenvalue weighted by molar-refractivity contribution is -0.126. The van der Waals surface area contributed by atoms with E-state index in [1.165, 1.54) is 0 Å². The Kier molecular flexibility index (Phi) is 8.23. The van der Waals surface area contributed by atoms with Gasteiger partial charge in [0.1, 0.15) is 23.6 Å². The van der Waals surface area contributed by atoms with Crippen LogP contribution < -0.4 is 5.32 Å². The average Bonchev–Trinajstić information content (AvgIpc) is 3.57. The first kappa shape index (κ1) is 28.1. The zero-order chi connectivity index (χ0) is 29.0. The molecule has 0 spiro atoms. The molecule has 5 aromatic rings. The van der Waals surface area contributed by atoms with Crippen molar-refractivity contribution in [1.82, 2.24) is 14.8 Å². The first-order valence-corrected chi connectivity index (χ1v) is 13.7. The minimum atomic E-state index is -1.29. The van der Waals surface area contributed by atoms with Crippen molar-refractivity contribution in [3.63, 3.8) is 0 Å². The van der Waals surface area contributed by atoms with Gasteiger partial charge in [0.2, 0.25) is 0 Å². The van der Waals surface area contributed by atoms with Gasteiger partial charge >= 0.3 is 6.09 Å². The van der Waals surface area contributed by atoms with E-state index in [4.69, 9.17) is 9.15 Å². The van der Waals surface area contributed by atoms with Crippen LogP contribution in [0.4, 0.5) is 4.79 Å². The summed E-state index contributed by atoms with van der Waals surface area (Å²) in [6, 6.07) is 27.0. The van der Waals surface area contributed by atoms with Crippen LogP contribution in [0.3, 0.4) is 0 Å². The highest BCUT2D eigenvalue weighted by molar-refractivity contribution is 5.94. The molecule has 0 saturated heterocycles. The maximum atomic E-state index is 14.0. The van der Waals surface area contributed by atoms with Gasteiger partial charge in [0.25, 0.3) is 0 Å². The van der Waals surface area contributed by atoms with Crippen molar-refractivity contribution in [2.24, 2.45) is 0 Å². The van der Waals surface area contributed by atoms with Crippen molar-refractivity contribution in [3.8, 4) is 0 Å². The van der Waals surface area contributed by atoms with E-state index in [9.17, 15) is 14.7 Å². The highest BCUT2D eigenvalue weighted by Crippen LogP contribution is 2.27. The topological polar surface area (TPSA) is 96.9 Å². The van der Waals surface area contributed by atoms with Gasteiger partial charge in [-0.2, -0.15) is 0 Å². The molecule has 2 atom stereocenters. The number of fused-ring (bicyclic) bond motifs is 2. The van der Waals surface area contributed by atoms with Gasteiger partial charge in [-0.1, -0.05) is 66.7 Å². The molecular formula is C33H35N3O5. The van der Waals surface area contributed by atoms with Crippen LogP contribution in [0, 0.1) is 0 Å². The summed E-state index contributed by atoms with van der Waals surface area (Å²) in [6.07, 6.45) is 1.33. The lowest BCUT2D eigenvalue weighted by Crippen LogP contribution is -2.56. The predicted molar refractivity (Wildman–Crippen MR) is 158 cm³/mol. The molecule has 3 aromatic carbocycles. The average molecular weight is 554 g/mol. The Bertz CT molecular complexity index is 1620. The normalized spacial score (nSPS) is 13.8. The number of amides is 1. The number of aliphatic hydroxyl groups excluding tert-OH is 1. The maximum absolute atomic E-state index is 14.0. The number of alkyl carbamates (subject to hydrolysis) is 1. The molecule has 8 nitrogen and oxygen atoms in total. The van der Waals surface area contributed by atoms with Crippen molar-refractivity contribution in [3.05, 3.63) is 108 Å². The molecule has 0 aliphatic heterocycles. The predicted octanol–water partition coefficient (Wildman–Crippen LogP) is 5.83. The fraction of sp³-hybridized carbons (Fsp3) is 0.273. The Hall–Kier alpha value is -4.40. The Morgan fingerprint density at radius 3 is 2.51 bits per heavy atom. The molecule has 212 valence electrons. The number of aromatic nitrogens is 1. The third-order valence-electron chi connectivity index (χ3n) is 7.72. The Morgan fingerprint density at radius 2 is 1.76 bits per heavy atom. The van der Waals surface area contributed by atoms with Gasteiger partial charge < -0.3 is 24.1 Å². The Balaban J connectivity index is 1.37. The molecule has 2 N–H and O–H groups in total. The molecule has 5 rings (SSSR count). The minimum absolute atomic E-state index is 0.0132. The van der Waals surface area contributed by atoms with Crippen molar-refractivity contribution in [1.29, 1.82) is 0 Å². The first-order valence-electron chi connectivity index (χ1n) is 13.7. The molecule has 2 heterocycles. The molecule has 2 aromatic heterocycles. The van der Waals surface area contributed by atoms with Crippen LogP contribution in [-0.4, -0.2) is 45.6 Å². The lowest BCUT2D eigenvalue weighted by atomic mass is 9.87. The SMILES string of the molecule is C[C@@H](c1ccccc1)N(C)CC(=O)[C@@](C)(Cc1cn(CO)c2ccccc12)NC(=O)OCc1cc2ccccc2o1. The van der Waals surface area contributed by atoms with Crippen molar-refractivity contribution in [2.45, 2.75) is 45.2 Å². The summed E-state index contributed by atoms with van der Waals surface area (Å²) < 4.78 is 13.0. The number of benzene rings is 3. The van der Waals surface area contributed by atoms with Gasteiger partial charge in [-0.3, -0.25) is 9.69 Å². The van der Waals surface area contributed by atoms with Gasteiger partial charge in [0.05, 0.1) is 12.1 Å². The highest BCUT2D eigenvalue weighted by Gasteiger charge is 2.37. The van der Waals surface area contributed by atoms with Gasteiger partial charge in [-0.05, 0) is 50.2 Å². The summed E-state index contributed by atoms with van der Waals surface area (Å²) in [5.74, 6) is 0.348. The third-order valence-corrected chi connectivity index (χ3v) is 7.72. The van der Waals surface area contributed by atoms with E-state index in [0.717, 1.165) is 27.4 Å². The Labute approximate surface area is 239 Å². The van der Waals surface area contributed by atoms with Gasteiger partial charge in [-0.15, -0.1) is 0 Å². The van der Waals surface area contributed by atoms with Crippen molar-refractivity contribution < 1.29 is 23.8 Å². The molecule has 0 saturated carbocycles. The number of nitrogens with zero attached hydrogens (tertiary/aromatic N) is 2. The summed E-state index contributed by atoms with van der Waals surface area (Å²) in [5, 5.41) is 14.6. The number of hydrogen-bond donors (Lipinski definition) is 2. The molecule has 41 heavy (non-hydrogen) atoms. The van der Waals surface area contributed by atoms with Gasteiger partial charge in [0.15, 0.2) is 12.4 Å². The maximum Gasteiger partial charge on any atom is 0.408 e. The number of ether oxygens (including phenoxy) is 1. The molecule has 1 amide bonds. The zero-order valence-electron chi connectivity index (χ0n) is 23.5. The molecular weight excluding hydrogens is 518 g/mol. The molecule has 0 aliphatic rings. The van der Waals surface area contributed by atoms with E-state index in [1.807, 2.05) is 110 Å². The summed E-state index contributed by atoms with van der Waals surface area (Å²) in [4.78, 5) is 29.1. The van der Waals surface area contributed by atoms with Crippen molar-refractivity contribution in [2.75, 3.05) is 13.6 Å². The van der Waals surface area contributed by atoms with Crippen LogP contribution >= 0.6 is 0 Å². The molecule has 0 fully saturated rings. The van der Waals surface area contributed by atoms with E-state index >= 15 is 0 Å². The largest absolute Gasteiger partial charge is 0.457 e. The first-order chi connectivity index (χ1) is 19.8. The van der Waals surface area contributed by atoms with E-state index in [1.54, 1.807) is 11.5 Å². The number of carbonyl (C=O) groups is 2. The number of nitrogens with one attached hydrogen (secondary N) is 1. The molecule has 0 bridgehead atoms. The molecule has 0 radical (unpaired) electrons. The summed E-state index contributed by atoms with van der Waals surface area (Å²) in [6.45, 7) is 3.61. The Morgan fingerprint density at radius 1 is 1.05 bits per heavy atom. The quantitative estimate of drug-likeness (QED) is 0.214. The fourth-order valence-corrected chi connectivity index (χ4v) is 5.20. The summed E-state index contributed by atoms with van der Waals surface area (Å²) in [5.41, 5.74) is 2.19. The second-order valence-corrected chi connectivity index (χ2v) is 10.7.